The average Bonchev–Trinajstić information content (AvgIpc) is 2.53. The Morgan fingerprint density at radius 2 is 1.96 bits per heavy atom. The Hall–Kier alpha value is -1.88. The molecule has 0 spiro atoms. The SMILES string of the molecule is COCC1CC(=O)NC2CC(NC(=O)c3cc(C)cc(C)c3)CCC12. The molecule has 1 saturated heterocycles. The molecule has 2 aliphatic rings. The number of rotatable bonds is 4. The molecule has 0 radical (unpaired) electrons. The van der Waals surface area contributed by atoms with Crippen molar-refractivity contribution in [2.45, 2.75) is 51.6 Å². The predicted octanol–water partition coefficient (Wildman–Crippen LogP) is 2.35. The lowest BCUT2D eigenvalue weighted by molar-refractivity contribution is -0.128. The van der Waals surface area contributed by atoms with Gasteiger partial charge >= 0.3 is 0 Å². The Morgan fingerprint density at radius 3 is 2.64 bits per heavy atom. The van der Waals surface area contributed by atoms with Crippen molar-refractivity contribution in [2.24, 2.45) is 11.8 Å². The van der Waals surface area contributed by atoms with Crippen molar-refractivity contribution < 1.29 is 14.3 Å². The predicted molar refractivity (Wildman–Crippen MR) is 96.4 cm³/mol. The number of fused-ring (bicyclic) bond motifs is 1. The van der Waals surface area contributed by atoms with Gasteiger partial charge in [0.05, 0.1) is 0 Å². The van der Waals surface area contributed by atoms with Crippen LogP contribution in [0.4, 0.5) is 0 Å². The summed E-state index contributed by atoms with van der Waals surface area (Å²) in [6.07, 6.45) is 3.31. The zero-order chi connectivity index (χ0) is 18.0. The van der Waals surface area contributed by atoms with E-state index in [1.807, 2.05) is 26.0 Å². The van der Waals surface area contributed by atoms with Crippen molar-refractivity contribution >= 4 is 11.8 Å². The highest BCUT2D eigenvalue weighted by molar-refractivity contribution is 5.94. The Balaban J connectivity index is 1.64. The lowest BCUT2D eigenvalue weighted by atomic mass is 9.71. The first-order valence-corrected chi connectivity index (χ1v) is 9.13. The van der Waals surface area contributed by atoms with Crippen LogP contribution in [0.25, 0.3) is 0 Å². The molecule has 136 valence electrons. The quantitative estimate of drug-likeness (QED) is 0.881. The normalized spacial score (nSPS) is 28.8. The summed E-state index contributed by atoms with van der Waals surface area (Å²) >= 11 is 0. The zero-order valence-corrected chi connectivity index (χ0v) is 15.3. The largest absolute Gasteiger partial charge is 0.384 e. The summed E-state index contributed by atoms with van der Waals surface area (Å²) in [6.45, 7) is 4.64. The van der Waals surface area contributed by atoms with E-state index in [1.54, 1.807) is 7.11 Å². The number of carbonyl (C=O) groups excluding carboxylic acids is 2. The van der Waals surface area contributed by atoms with Crippen LogP contribution in [0.15, 0.2) is 18.2 Å². The molecule has 2 fully saturated rings. The number of aryl methyl sites for hydroxylation is 2. The Morgan fingerprint density at radius 1 is 1.24 bits per heavy atom. The lowest BCUT2D eigenvalue weighted by Gasteiger charge is -2.43. The summed E-state index contributed by atoms with van der Waals surface area (Å²) in [5, 5.41) is 6.28. The van der Waals surface area contributed by atoms with E-state index >= 15 is 0 Å². The van der Waals surface area contributed by atoms with Crippen LogP contribution in [-0.2, 0) is 9.53 Å². The van der Waals surface area contributed by atoms with Crippen LogP contribution in [0.2, 0.25) is 0 Å². The van der Waals surface area contributed by atoms with Crippen LogP contribution in [0, 0.1) is 25.7 Å². The first-order valence-electron chi connectivity index (χ1n) is 9.13. The minimum atomic E-state index is -0.0224. The van der Waals surface area contributed by atoms with E-state index < -0.39 is 0 Å². The molecule has 1 aromatic rings. The van der Waals surface area contributed by atoms with E-state index in [0.29, 0.717) is 30.4 Å². The first-order chi connectivity index (χ1) is 12.0. The van der Waals surface area contributed by atoms with Crippen LogP contribution in [0.1, 0.15) is 47.2 Å². The number of piperidine rings is 1. The maximum absolute atomic E-state index is 12.6. The molecular weight excluding hydrogens is 316 g/mol. The van der Waals surface area contributed by atoms with Crippen molar-refractivity contribution in [3.8, 4) is 0 Å². The minimum absolute atomic E-state index is 0.0224. The molecule has 25 heavy (non-hydrogen) atoms. The van der Waals surface area contributed by atoms with Gasteiger partial charge in [-0.2, -0.15) is 0 Å². The molecule has 4 atom stereocenters. The Labute approximate surface area is 149 Å². The number of carbonyl (C=O) groups is 2. The van der Waals surface area contributed by atoms with Crippen LogP contribution in [-0.4, -0.2) is 37.6 Å². The molecule has 5 nitrogen and oxygen atoms in total. The average molecular weight is 344 g/mol. The molecule has 2 N–H and O–H groups in total. The van der Waals surface area contributed by atoms with Crippen LogP contribution in [0.5, 0.6) is 0 Å². The highest BCUT2D eigenvalue weighted by Crippen LogP contribution is 2.35. The van der Waals surface area contributed by atoms with Gasteiger partial charge in [0.1, 0.15) is 0 Å². The van der Waals surface area contributed by atoms with Crippen molar-refractivity contribution in [3.63, 3.8) is 0 Å². The maximum Gasteiger partial charge on any atom is 0.251 e. The van der Waals surface area contributed by atoms with E-state index in [9.17, 15) is 9.59 Å². The highest BCUT2D eigenvalue weighted by atomic mass is 16.5. The third-order valence-electron chi connectivity index (χ3n) is 5.50. The summed E-state index contributed by atoms with van der Waals surface area (Å²) in [6, 6.07) is 6.15. The number of amides is 2. The van der Waals surface area contributed by atoms with Gasteiger partial charge in [-0.25, -0.2) is 0 Å². The fraction of sp³-hybridized carbons (Fsp3) is 0.600. The molecule has 2 amide bonds. The van der Waals surface area contributed by atoms with Gasteiger partial charge in [-0.15, -0.1) is 0 Å². The third kappa shape index (κ3) is 4.21. The Kier molecular flexibility index (Phi) is 5.42. The monoisotopic (exact) mass is 344 g/mol. The second-order valence-corrected chi connectivity index (χ2v) is 7.62. The summed E-state index contributed by atoms with van der Waals surface area (Å²) in [5.41, 5.74) is 2.90. The van der Waals surface area contributed by atoms with Crippen LogP contribution in [0.3, 0.4) is 0 Å². The van der Waals surface area contributed by atoms with Crippen molar-refractivity contribution in [1.82, 2.24) is 10.6 Å². The topological polar surface area (TPSA) is 67.4 Å². The van der Waals surface area contributed by atoms with Crippen LogP contribution >= 0.6 is 0 Å². The number of ether oxygens (including phenoxy) is 1. The summed E-state index contributed by atoms with van der Waals surface area (Å²) in [5.74, 6) is 0.822. The number of hydrogen-bond acceptors (Lipinski definition) is 3. The maximum atomic E-state index is 12.6. The Bertz CT molecular complexity index is 638. The minimum Gasteiger partial charge on any atom is -0.384 e. The molecule has 0 aromatic heterocycles. The molecule has 4 unspecified atom stereocenters. The number of methoxy groups -OCH3 is 1. The van der Waals surface area contributed by atoms with Gasteiger partial charge in [-0.1, -0.05) is 17.2 Å². The summed E-state index contributed by atoms with van der Waals surface area (Å²) in [7, 11) is 1.69. The van der Waals surface area contributed by atoms with Gasteiger partial charge < -0.3 is 15.4 Å². The molecule has 5 heteroatoms. The molecule has 3 rings (SSSR count). The van der Waals surface area contributed by atoms with Crippen molar-refractivity contribution in [3.05, 3.63) is 34.9 Å². The molecule has 1 aliphatic heterocycles. The number of nitrogens with one attached hydrogen (secondary N) is 2. The van der Waals surface area contributed by atoms with E-state index in [1.165, 1.54) is 0 Å². The van der Waals surface area contributed by atoms with Gasteiger partial charge in [0.25, 0.3) is 5.91 Å². The van der Waals surface area contributed by atoms with Gasteiger partial charge in [0, 0.05) is 37.8 Å². The summed E-state index contributed by atoms with van der Waals surface area (Å²) in [4.78, 5) is 24.6. The fourth-order valence-corrected chi connectivity index (χ4v) is 4.48. The smallest absolute Gasteiger partial charge is 0.251 e. The standard InChI is InChI=1S/C20H28N2O3/c1-12-6-13(2)8-14(7-12)20(24)21-16-4-5-17-15(11-25-3)9-19(23)22-18(17)10-16/h6-8,15-18H,4-5,9-11H2,1-3H3,(H,21,24)(H,22,23). The molecule has 1 aromatic carbocycles. The van der Waals surface area contributed by atoms with E-state index in [-0.39, 0.29) is 23.9 Å². The second-order valence-electron chi connectivity index (χ2n) is 7.62. The zero-order valence-electron chi connectivity index (χ0n) is 15.3. The van der Waals surface area contributed by atoms with Crippen molar-refractivity contribution in [1.29, 1.82) is 0 Å². The molecule has 1 heterocycles. The fourth-order valence-electron chi connectivity index (χ4n) is 4.48. The number of benzene rings is 1. The second kappa shape index (κ2) is 7.56. The van der Waals surface area contributed by atoms with E-state index in [4.69, 9.17) is 4.74 Å². The molecule has 1 saturated carbocycles. The van der Waals surface area contributed by atoms with Gasteiger partial charge in [-0.3, -0.25) is 9.59 Å². The molecule has 1 aliphatic carbocycles. The number of hydrogen-bond donors (Lipinski definition) is 2. The first kappa shape index (κ1) is 17.9. The van der Waals surface area contributed by atoms with Gasteiger partial charge in [-0.05, 0) is 57.1 Å². The van der Waals surface area contributed by atoms with Gasteiger partial charge in [0.15, 0.2) is 0 Å². The van der Waals surface area contributed by atoms with E-state index in [2.05, 4.69) is 16.7 Å². The summed E-state index contributed by atoms with van der Waals surface area (Å²) < 4.78 is 5.30. The van der Waals surface area contributed by atoms with Crippen LogP contribution < -0.4 is 10.6 Å². The lowest BCUT2D eigenvalue weighted by Crippen LogP contribution is -2.56. The van der Waals surface area contributed by atoms with Gasteiger partial charge in [0.2, 0.25) is 5.91 Å². The van der Waals surface area contributed by atoms with E-state index in [0.717, 1.165) is 30.4 Å². The third-order valence-corrected chi connectivity index (χ3v) is 5.50. The molecule has 0 bridgehead atoms. The van der Waals surface area contributed by atoms with Crippen molar-refractivity contribution in [2.75, 3.05) is 13.7 Å². The highest BCUT2D eigenvalue weighted by Gasteiger charge is 2.40. The molecular formula is C20H28N2O3.